The maximum absolute atomic E-state index is 13.4. The van der Waals surface area contributed by atoms with Crippen molar-refractivity contribution in [3.05, 3.63) is 35.9 Å². The molecule has 0 spiro atoms. The highest BCUT2D eigenvalue weighted by atomic mass is 19.1. The van der Waals surface area contributed by atoms with Crippen molar-refractivity contribution in [1.82, 2.24) is 26.6 Å². The topological polar surface area (TPSA) is 224 Å². The monoisotopic (exact) mass is 695 g/mol. The Morgan fingerprint density at radius 2 is 1.12 bits per heavy atom. The molecular weight excluding hydrogens is 649 g/mol. The molecule has 5 atom stereocenters. The van der Waals surface area contributed by atoms with E-state index in [4.69, 9.17) is 4.74 Å². The molecular formula is C32H46FN5O11. The largest absolute Gasteiger partial charge is 0.469 e. The fraction of sp³-hybridized carbons (Fsp3) is 0.562. The number of hydrogen-bond donors (Lipinski definition) is 5. The number of halogens is 1. The van der Waals surface area contributed by atoms with Gasteiger partial charge < -0.3 is 40.8 Å². The Labute approximate surface area is 283 Å². The SMILES string of the molecule is COC(=O)C[C@H](NC(=O)[C@@H](NC(=O)OCc1ccccc1)C(C)C)C(=O)N[C@H](C(=O)N[C@@H](C)C(=O)N[C@H](CC(=O)OC)C(=O)CF)C(C)C. The average molecular weight is 696 g/mol. The molecule has 0 unspecified atom stereocenters. The first-order chi connectivity index (χ1) is 23.0. The number of hydrogen-bond acceptors (Lipinski definition) is 11. The van der Waals surface area contributed by atoms with Gasteiger partial charge in [0.15, 0.2) is 5.78 Å². The predicted molar refractivity (Wildman–Crippen MR) is 171 cm³/mol. The molecule has 0 fully saturated rings. The van der Waals surface area contributed by atoms with Gasteiger partial charge >= 0.3 is 18.0 Å². The molecule has 1 aromatic rings. The van der Waals surface area contributed by atoms with E-state index in [1.165, 1.54) is 6.92 Å². The van der Waals surface area contributed by atoms with Gasteiger partial charge in [0.1, 0.15) is 43.5 Å². The number of carbonyl (C=O) groups excluding carboxylic acids is 8. The van der Waals surface area contributed by atoms with Crippen LogP contribution in [-0.4, -0.2) is 98.5 Å². The number of alkyl halides is 1. The minimum absolute atomic E-state index is 0.0603. The number of nitrogens with one attached hydrogen (secondary N) is 5. The average Bonchev–Trinajstić information content (AvgIpc) is 3.06. The molecule has 272 valence electrons. The molecule has 5 amide bonds. The van der Waals surface area contributed by atoms with Gasteiger partial charge in [0.2, 0.25) is 23.6 Å². The lowest BCUT2D eigenvalue weighted by Gasteiger charge is -2.28. The molecule has 0 bridgehead atoms. The van der Waals surface area contributed by atoms with Gasteiger partial charge in [-0.15, -0.1) is 0 Å². The van der Waals surface area contributed by atoms with Gasteiger partial charge in [0.05, 0.1) is 27.1 Å². The lowest BCUT2D eigenvalue weighted by Crippen LogP contribution is -2.60. The Morgan fingerprint density at radius 3 is 1.63 bits per heavy atom. The van der Waals surface area contributed by atoms with E-state index < -0.39 is 109 Å². The van der Waals surface area contributed by atoms with Crippen LogP contribution in [0.5, 0.6) is 0 Å². The van der Waals surface area contributed by atoms with E-state index in [1.807, 2.05) is 0 Å². The highest BCUT2D eigenvalue weighted by molar-refractivity contribution is 5.98. The molecule has 49 heavy (non-hydrogen) atoms. The third-order valence-corrected chi connectivity index (χ3v) is 7.10. The molecule has 0 aromatic heterocycles. The summed E-state index contributed by atoms with van der Waals surface area (Å²) in [7, 11) is 2.13. The number of Topliss-reactive ketones (excluding diaryl/α,β-unsaturated/α-hetero) is 1. The van der Waals surface area contributed by atoms with Crippen LogP contribution in [0.15, 0.2) is 30.3 Å². The van der Waals surface area contributed by atoms with Crippen LogP contribution in [0.4, 0.5) is 9.18 Å². The van der Waals surface area contributed by atoms with Crippen LogP contribution < -0.4 is 26.6 Å². The van der Waals surface area contributed by atoms with Crippen molar-refractivity contribution in [2.24, 2.45) is 11.8 Å². The van der Waals surface area contributed by atoms with Crippen molar-refractivity contribution in [3.8, 4) is 0 Å². The van der Waals surface area contributed by atoms with E-state index in [1.54, 1.807) is 58.0 Å². The van der Waals surface area contributed by atoms with E-state index in [0.29, 0.717) is 5.56 Å². The molecule has 0 aliphatic rings. The first kappa shape index (κ1) is 41.9. The van der Waals surface area contributed by atoms with Crippen LogP contribution in [0.2, 0.25) is 0 Å². The van der Waals surface area contributed by atoms with E-state index in [2.05, 4.69) is 36.1 Å². The molecule has 0 saturated carbocycles. The zero-order valence-corrected chi connectivity index (χ0v) is 28.6. The third-order valence-electron chi connectivity index (χ3n) is 7.10. The summed E-state index contributed by atoms with van der Waals surface area (Å²) in [6, 6.07) is 1.93. The third kappa shape index (κ3) is 14.7. The Bertz CT molecular complexity index is 1330. The second-order valence-corrected chi connectivity index (χ2v) is 11.7. The highest BCUT2D eigenvalue weighted by Gasteiger charge is 2.34. The van der Waals surface area contributed by atoms with Gasteiger partial charge in [-0.2, -0.15) is 0 Å². The summed E-state index contributed by atoms with van der Waals surface area (Å²) in [6.07, 6.45) is -2.16. The second-order valence-electron chi connectivity index (χ2n) is 11.7. The number of esters is 2. The van der Waals surface area contributed by atoms with Crippen molar-refractivity contribution >= 4 is 47.4 Å². The molecule has 16 nitrogen and oxygen atoms in total. The molecule has 1 aromatic carbocycles. The summed E-state index contributed by atoms with van der Waals surface area (Å²) < 4.78 is 27.3. The number of ketones is 1. The Kier molecular flexibility index (Phi) is 18.0. The Hall–Kier alpha value is -5.09. The van der Waals surface area contributed by atoms with Gasteiger partial charge in [-0.3, -0.25) is 33.6 Å². The molecule has 0 saturated heterocycles. The van der Waals surface area contributed by atoms with Crippen LogP contribution >= 0.6 is 0 Å². The summed E-state index contributed by atoms with van der Waals surface area (Å²) in [4.78, 5) is 101. The van der Waals surface area contributed by atoms with Gasteiger partial charge in [-0.05, 0) is 24.3 Å². The van der Waals surface area contributed by atoms with Crippen LogP contribution in [0.1, 0.15) is 53.0 Å². The Balaban J connectivity index is 3.03. The maximum atomic E-state index is 13.4. The van der Waals surface area contributed by atoms with Gasteiger partial charge in [0, 0.05) is 0 Å². The van der Waals surface area contributed by atoms with Crippen molar-refractivity contribution in [3.63, 3.8) is 0 Å². The normalized spacial score (nSPS) is 13.8. The fourth-order valence-corrected chi connectivity index (χ4v) is 4.19. The molecule has 17 heteroatoms. The lowest BCUT2D eigenvalue weighted by molar-refractivity contribution is -0.144. The lowest BCUT2D eigenvalue weighted by atomic mass is 10.0. The van der Waals surface area contributed by atoms with Crippen molar-refractivity contribution in [2.45, 2.75) is 84.3 Å². The number of rotatable bonds is 19. The fourth-order valence-electron chi connectivity index (χ4n) is 4.19. The zero-order valence-electron chi connectivity index (χ0n) is 28.6. The zero-order chi connectivity index (χ0) is 37.3. The molecule has 5 N–H and O–H groups in total. The summed E-state index contributed by atoms with van der Waals surface area (Å²) in [5.74, 6) is -7.44. The van der Waals surface area contributed by atoms with E-state index >= 15 is 0 Å². The number of alkyl carbamates (subject to hydrolysis) is 1. The van der Waals surface area contributed by atoms with Gasteiger partial charge in [-0.25, -0.2) is 9.18 Å². The summed E-state index contributed by atoms with van der Waals surface area (Å²) in [6.45, 7) is 6.17. The highest BCUT2D eigenvalue weighted by Crippen LogP contribution is 2.09. The van der Waals surface area contributed by atoms with Crippen LogP contribution in [0.25, 0.3) is 0 Å². The molecule has 0 radical (unpaired) electrons. The summed E-state index contributed by atoms with van der Waals surface area (Å²) in [5, 5.41) is 11.9. The first-order valence-corrected chi connectivity index (χ1v) is 15.4. The number of benzene rings is 1. The Morgan fingerprint density at radius 1 is 0.633 bits per heavy atom. The molecule has 0 aliphatic heterocycles. The van der Waals surface area contributed by atoms with Crippen molar-refractivity contribution < 1.29 is 57.0 Å². The van der Waals surface area contributed by atoms with E-state index in [-0.39, 0.29) is 6.61 Å². The van der Waals surface area contributed by atoms with Crippen molar-refractivity contribution in [1.29, 1.82) is 0 Å². The van der Waals surface area contributed by atoms with E-state index in [0.717, 1.165) is 14.2 Å². The number of ether oxygens (including phenoxy) is 3. The molecule has 0 aliphatic carbocycles. The first-order valence-electron chi connectivity index (χ1n) is 15.4. The van der Waals surface area contributed by atoms with Gasteiger partial charge in [0.25, 0.3) is 0 Å². The summed E-state index contributed by atoms with van der Waals surface area (Å²) >= 11 is 0. The van der Waals surface area contributed by atoms with E-state index in [9.17, 15) is 42.7 Å². The predicted octanol–water partition coefficient (Wildman–Crippen LogP) is 0.217. The van der Waals surface area contributed by atoms with Crippen LogP contribution in [0, 0.1) is 11.8 Å². The van der Waals surface area contributed by atoms with Crippen LogP contribution in [-0.2, 0) is 54.4 Å². The second kappa shape index (κ2) is 21.0. The van der Waals surface area contributed by atoms with Crippen molar-refractivity contribution in [2.75, 3.05) is 20.9 Å². The number of amides is 5. The quantitative estimate of drug-likeness (QED) is 0.0972. The van der Waals surface area contributed by atoms with Gasteiger partial charge in [-0.1, -0.05) is 58.0 Å². The molecule has 1 rings (SSSR count). The maximum Gasteiger partial charge on any atom is 0.408 e. The molecule has 0 heterocycles. The summed E-state index contributed by atoms with van der Waals surface area (Å²) in [5.41, 5.74) is 0.714. The van der Waals surface area contributed by atoms with Crippen LogP contribution in [0.3, 0.4) is 0 Å². The number of methoxy groups -OCH3 is 2. The minimum atomic E-state index is -1.55. The number of carbonyl (C=O) groups is 8. The smallest absolute Gasteiger partial charge is 0.408 e. The standard InChI is InChI=1S/C32H46FN5O11/c1-17(2)26(30(44)34-19(5)28(42)35-21(23(39)15-33)13-24(40)47-6)37-29(43)22(14-25(41)48-7)36-31(45)27(18(3)4)38-32(46)49-16-20-11-9-8-10-12-20/h8-12,17-19,21-22,26-27H,13-16H2,1-7H3,(H,34,44)(H,35,42)(H,36,45)(H,37,43)(H,38,46)/t19-,21+,22-,26-,27-/m0/s1. The minimum Gasteiger partial charge on any atom is -0.469 e.